The molecule has 0 aromatic rings. The SMILES string of the molecule is CN(C)CCCS(=O)[O-]. The number of hydrogen-bond acceptors (Lipinski definition) is 3. The molecule has 0 aliphatic carbocycles. The molecule has 0 radical (unpaired) electrons. The fraction of sp³-hybridized carbons (Fsp3) is 1.00. The van der Waals surface area contributed by atoms with Crippen LogP contribution in [-0.2, 0) is 11.1 Å². The lowest BCUT2D eigenvalue weighted by atomic mass is 10.5. The van der Waals surface area contributed by atoms with Crippen molar-refractivity contribution in [3.63, 3.8) is 0 Å². The maximum atomic E-state index is 9.96. The van der Waals surface area contributed by atoms with Crippen LogP contribution in [0.2, 0.25) is 0 Å². The van der Waals surface area contributed by atoms with Gasteiger partial charge in [-0.05, 0) is 27.1 Å². The summed E-state index contributed by atoms with van der Waals surface area (Å²) in [5.74, 6) is 0.276. The van der Waals surface area contributed by atoms with Crippen LogP contribution in [0, 0.1) is 0 Å². The van der Waals surface area contributed by atoms with Gasteiger partial charge >= 0.3 is 0 Å². The van der Waals surface area contributed by atoms with Gasteiger partial charge in [-0.25, -0.2) is 0 Å². The van der Waals surface area contributed by atoms with Crippen LogP contribution in [0.4, 0.5) is 0 Å². The average Bonchev–Trinajstić information content (AvgIpc) is 1.63. The highest BCUT2D eigenvalue weighted by atomic mass is 32.2. The van der Waals surface area contributed by atoms with E-state index in [0.717, 1.165) is 13.0 Å². The third kappa shape index (κ3) is 8.07. The summed E-state index contributed by atoms with van der Waals surface area (Å²) >= 11 is -1.86. The minimum atomic E-state index is -1.86. The zero-order valence-electron chi connectivity index (χ0n) is 5.79. The summed E-state index contributed by atoms with van der Waals surface area (Å²) in [6.45, 7) is 0.841. The molecule has 56 valence electrons. The first-order valence-electron chi connectivity index (χ1n) is 2.83. The van der Waals surface area contributed by atoms with Crippen LogP contribution in [0.1, 0.15) is 6.42 Å². The van der Waals surface area contributed by atoms with E-state index in [1.54, 1.807) is 0 Å². The van der Waals surface area contributed by atoms with Crippen LogP contribution >= 0.6 is 0 Å². The summed E-state index contributed by atoms with van der Waals surface area (Å²) in [7, 11) is 3.85. The lowest BCUT2D eigenvalue weighted by molar-refractivity contribution is 0.407. The van der Waals surface area contributed by atoms with Crippen molar-refractivity contribution in [2.24, 2.45) is 0 Å². The minimum absolute atomic E-state index is 0.276. The van der Waals surface area contributed by atoms with E-state index >= 15 is 0 Å². The molecule has 1 atom stereocenters. The summed E-state index contributed by atoms with van der Waals surface area (Å²) in [6, 6.07) is 0. The Morgan fingerprint density at radius 3 is 2.44 bits per heavy atom. The lowest BCUT2D eigenvalue weighted by Crippen LogP contribution is -2.15. The molecule has 0 aliphatic heterocycles. The Labute approximate surface area is 58.3 Å². The van der Waals surface area contributed by atoms with Crippen LogP contribution in [0.25, 0.3) is 0 Å². The molecule has 0 saturated carbocycles. The van der Waals surface area contributed by atoms with Crippen LogP contribution in [0.15, 0.2) is 0 Å². The van der Waals surface area contributed by atoms with E-state index in [9.17, 15) is 8.76 Å². The standard InChI is InChI=1S/C5H13NO2S/c1-6(2)4-3-5-9(7)8/h3-5H2,1-2H3,(H,7,8)/p-1. The molecule has 4 heteroatoms. The van der Waals surface area contributed by atoms with Crippen molar-refractivity contribution in [2.45, 2.75) is 6.42 Å². The van der Waals surface area contributed by atoms with Crippen molar-refractivity contribution in [3.8, 4) is 0 Å². The highest BCUT2D eigenvalue weighted by Gasteiger charge is 1.88. The molecule has 0 aromatic heterocycles. The Kier molecular flexibility index (Phi) is 4.94. The van der Waals surface area contributed by atoms with Crippen molar-refractivity contribution < 1.29 is 8.76 Å². The zero-order valence-corrected chi connectivity index (χ0v) is 6.61. The van der Waals surface area contributed by atoms with Gasteiger partial charge < -0.3 is 9.45 Å². The molecule has 0 aromatic carbocycles. The Hall–Kier alpha value is 0.0700. The van der Waals surface area contributed by atoms with E-state index < -0.39 is 11.1 Å². The molecule has 0 saturated heterocycles. The molecular formula is C5H12NO2S-. The molecule has 3 nitrogen and oxygen atoms in total. The fourth-order valence-corrected chi connectivity index (χ4v) is 0.863. The largest absolute Gasteiger partial charge is 0.772 e. The van der Waals surface area contributed by atoms with E-state index in [1.165, 1.54) is 0 Å². The third-order valence-corrected chi connectivity index (χ3v) is 1.54. The second-order valence-corrected chi connectivity index (χ2v) is 3.18. The summed E-state index contributed by atoms with van der Waals surface area (Å²) in [5, 5.41) is 0. The molecule has 9 heavy (non-hydrogen) atoms. The van der Waals surface area contributed by atoms with Gasteiger partial charge in [0.1, 0.15) is 0 Å². The van der Waals surface area contributed by atoms with Gasteiger partial charge in [-0.1, -0.05) is 11.1 Å². The second kappa shape index (κ2) is 4.90. The molecule has 1 unspecified atom stereocenters. The van der Waals surface area contributed by atoms with Gasteiger partial charge in [0.25, 0.3) is 0 Å². The maximum absolute atomic E-state index is 9.96. The van der Waals surface area contributed by atoms with E-state index in [4.69, 9.17) is 0 Å². The predicted molar refractivity (Wildman–Crippen MR) is 37.0 cm³/mol. The zero-order chi connectivity index (χ0) is 7.28. The molecule has 0 aliphatic rings. The fourth-order valence-electron chi connectivity index (χ4n) is 0.499. The average molecular weight is 150 g/mol. The van der Waals surface area contributed by atoms with Crippen LogP contribution < -0.4 is 0 Å². The normalized spacial score (nSPS) is 14.2. The Bertz CT molecular complexity index is 95.0. The molecule has 0 heterocycles. The summed E-state index contributed by atoms with van der Waals surface area (Å²) in [5.41, 5.74) is 0. The first-order valence-corrected chi connectivity index (χ1v) is 4.08. The molecule has 0 rings (SSSR count). The Morgan fingerprint density at radius 1 is 1.56 bits per heavy atom. The molecule has 0 amide bonds. The van der Waals surface area contributed by atoms with E-state index in [-0.39, 0.29) is 5.75 Å². The summed E-state index contributed by atoms with van der Waals surface area (Å²) in [6.07, 6.45) is 0.725. The van der Waals surface area contributed by atoms with E-state index in [1.807, 2.05) is 19.0 Å². The maximum Gasteiger partial charge on any atom is 0.0114 e. The van der Waals surface area contributed by atoms with Gasteiger partial charge in [-0.15, -0.1) is 0 Å². The lowest BCUT2D eigenvalue weighted by Gasteiger charge is -2.09. The van der Waals surface area contributed by atoms with Gasteiger partial charge in [0, 0.05) is 5.75 Å². The molecule has 0 fully saturated rings. The number of rotatable bonds is 4. The van der Waals surface area contributed by atoms with Gasteiger partial charge in [0.2, 0.25) is 0 Å². The monoisotopic (exact) mass is 150 g/mol. The molecular weight excluding hydrogens is 138 g/mol. The number of hydrogen-bond donors (Lipinski definition) is 0. The van der Waals surface area contributed by atoms with Crippen molar-refractivity contribution in [3.05, 3.63) is 0 Å². The Balaban J connectivity index is 3.01. The summed E-state index contributed by atoms with van der Waals surface area (Å²) in [4.78, 5) is 1.97. The van der Waals surface area contributed by atoms with Crippen LogP contribution in [-0.4, -0.2) is 40.1 Å². The number of nitrogens with zero attached hydrogens (tertiary/aromatic N) is 1. The van der Waals surface area contributed by atoms with Crippen LogP contribution in [0.5, 0.6) is 0 Å². The van der Waals surface area contributed by atoms with Crippen LogP contribution in [0.3, 0.4) is 0 Å². The third-order valence-electron chi connectivity index (χ3n) is 0.916. The molecule has 0 spiro atoms. The quantitative estimate of drug-likeness (QED) is 0.522. The molecule has 0 bridgehead atoms. The van der Waals surface area contributed by atoms with Crippen molar-refractivity contribution in [1.29, 1.82) is 0 Å². The van der Waals surface area contributed by atoms with Crippen molar-refractivity contribution in [2.75, 3.05) is 26.4 Å². The highest BCUT2D eigenvalue weighted by molar-refractivity contribution is 7.79. The minimum Gasteiger partial charge on any atom is -0.772 e. The van der Waals surface area contributed by atoms with Crippen molar-refractivity contribution in [1.82, 2.24) is 4.90 Å². The second-order valence-electron chi connectivity index (χ2n) is 2.16. The van der Waals surface area contributed by atoms with E-state index in [2.05, 4.69) is 0 Å². The summed E-state index contributed by atoms with van der Waals surface area (Å²) < 4.78 is 19.9. The van der Waals surface area contributed by atoms with Gasteiger partial charge in [-0.3, -0.25) is 4.21 Å². The van der Waals surface area contributed by atoms with Gasteiger partial charge in [0.05, 0.1) is 0 Å². The van der Waals surface area contributed by atoms with Gasteiger partial charge in [0.15, 0.2) is 0 Å². The first-order chi connectivity index (χ1) is 4.13. The predicted octanol–water partition coefficient (Wildman–Crippen LogP) is -0.183. The highest BCUT2D eigenvalue weighted by Crippen LogP contribution is 1.84. The van der Waals surface area contributed by atoms with Crippen molar-refractivity contribution >= 4 is 11.1 Å². The topological polar surface area (TPSA) is 43.4 Å². The smallest absolute Gasteiger partial charge is 0.0114 e. The molecule has 0 N–H and O–H groups in total. The first kappa shape index (κ1) is 9.07. The van der Waals surface area contributed by atoms with Gasteiger partial charge in [-0.2, -0.15) is 0 Å². The Morgan fingerprint density at radius 2 is 2.11 bits per heavy atom. The van der Waals surface area contributed by atoms with E-state index in [0.29, 0.717) is 0 Å².